The number of hydrogen-bond acceptors (Lipinski definition) is 3. The Morgan fingerprint density at radius 3 is 2.62 bits per heavy atom. The van der Waals surface area contributed by atoms with Crippen LogP contribution < -0.4 is 0 Å². The monoisotopic (exact) mass is 313 g/mol. The molecule has 1 aliphatic carbocycles. The van der Waals surface area contributed by atoms with E-state index in [0.717, 1.165) is 37.5 Å². The third-order valence-electron chi connectivity index (χ3n) is 4.79. The standard InChI is InChI=1S/C16H28ClN3O/c1-4-12-5-7-13(8-6-12)16(21)15-14(17)11-18-20(15)10-9-19(2)3/h11-13,16,21H,4-10H2,1-3H3. The first-order valence-corrected chi connectivity index (χ1v) is 8.44. The molecular formula is C16H28ClN3O. The molecule has 1 aliphatic rings. The maximum absolute atomic E-state index is 10.8. The van der Waals surface area contributed by atoms with Crippen LogP contribution >= 0.6 is 11.6 Å². The van der Waals surface area contributed by atoms with E-state index in [9.17, 15) is 5.11 Å². The molecule has 1 fully saturated rings. The van der Waals surface area contributed by atoms with Gasteiger partial charge in [0, 0.05) is 6.54 Å². The summed E-state index contributed by atoms with van der Waals surface area (Å²) in [6.07, 6.45) is 7.06. The van der Waals surface area contributed by atoms with Gasteiger partial charge in [-0.05, 0) is 38.8 Å². The molecule has 0 aromatic carbocycles. The first-order valence-electron chi connectivity index (χ1n) is 8.06. The van der Waals surface area contributed by atoms with Crippen LogP contribution in [0.2, 0.25) is 5.02 Å². The van der Waals surface area contributed by atoms with E-state index in [1.165, 1.54) is 19.3 Å². The van der Waals surface area contributed by atoms with E-state index < -0.39 is 6.10 Å². The third kappa shape index (κ3) is 4.21. The molecule has 1 N–H and O–H groups in total. The summed E-state index contributed by atoms with van der Waals surface area (Å²) in [5.74, 6) is 1.16. The minimum absolute atomic E-state index is 0.320. The smallest absolute Gasteiger partial charge is 0.0999 e. The highest BCUT2D eigenvalue weighted by Crippen LogP contribution is 2.39. The van der Waals surface area contributed by atoms with E-state index in [4.69, 9.17) is 11.6 Å². The third-order valence-corrected chi connectivity index (χ3v) is 5.08. The number of rotatable bonds is 6. The van der Waals surface area contributed by atoms with Crippen LogP contribution in [0.4, 0.5) is 0 Å². The molecule has 1 aromatic heterocycles. The summed E-state index contributed by atoms with van der Waals surface area (Å²) in [6, 6.07) is 0. The molecule has 1 heterocycles. The molecule has 2 rings (SSSR count). The normalized spacial score (nSPS) is 24.5. The average Bonchev–Trinajstić information content (AvgIpc) is 2.85. The maximum atomic E-state index is 10.8. The zero-order valence-corrected chi connectivity index (χ0v) is 14.2. The van der Waals surface area contributed by atoms with E-state index in [2.05, 4.69) is 16.9 Å². The van der Waals surface area contributed by atoms with Crippen LogP contribution in [0.1, 0.15) is 50.8 Å². The first-order chi connectivity index (χ1) is 10.0. The molecule has 21 heavy (non-hydrogen) atoms. The summed E-state index contributed by atoms with van der Waals surface area (Å²) in [5.41, 5.74) is 0.804. The van der Waals surface area contributed by atoms with Gasteiger partial charge in [0.1, 0.15) is 0 Å². The molecule has 1 atom stereocenters. The molecule has 120 valence electrons. The van der Waals surface area contributed by atoms with Gasteiger partial charge in [-0.25, -0.2) is 0 Å². The minimum atomic E-state index is -0.486. The predicted octanol–water partition coefficient (Wildman–Crippen LogP) is 3.35. The molecule has 0 saturated heterocycles. The van der Waals surface area contributed by atoms with Crippen LogP contribution in [-0.4, -0.2) is 40.4 Å². The molecule has 4 nitrogen and oxygen atoms in total. The van der Waals surface area contributed by atoms with Gasteiger partial charge in [-0.3, -0.25) is 4.68 Å². The number of nitrogens with zero attached hydrogens (tertiary/aromatic N) is 3. The van der Waals surface area contributed by atoms with Crippen LogP contribution in [0.5, 0.6) is 0 Å². The summed E-state index contributed by atoms with van der Waals surface area (Å²) in [7, 11) is 4.07. The van der Waals surface area contributed by atoms with E-state index in [1.54, 1.807) is 6.20 Å². The van der Waals surface area contributed by atoms with Crippen molar-refractivity contribution in [3.63, 3.8) is 0 Å². The van der Waals surface area contributed by atoms with Crippen molar-refractivity contribution in [3.8, 4) is 0 Å². The van der Waals surface area contributed by atoms with Crippen LogP contribution in [0.3, 0.4) is 0 Å². The van der Waals surface area contributed by atoms with Gasteiger partial charge in [0.05, 0.1) is 29.6 Å². The number of likely N-dealkylation sites (N-methyl/N-ethyl adjacent to an activating group) is 1. The number of aromatic nitrogens is 2. The molecule has 0 radical (unpaired) electrons. The molecule has 0 spiro atoms. The van der Waals surface area contributed by atoms with E-state index >= 15 is 0 Å². The van der Waals surface area contributed by atoms with Crippen molar-refractivity contribution < 1.29 is 5.11 Å². The summed E-state index contributed by atoms with van der Waals surface area (Å²) in [4.78, 5) is 2.11. The molecular weight excluding hydrogens is 286 g/mol. The lowest BCUT2D eigenvalue weighted by atomic mass is 9.78. The lowest BCUT2D eigenvalue weighted by Crippen LogP contribution is -2.25. The van der Waals surface area contributed by atoms with Crippen LogP contribution in [0.15, 0.2) is 6.20 Å². The summed E-state index contributed by atoms with van der Waals surface area (Å²) in [6.45, 7) is 3.91. The van der Waals surface area contributed by atoms with Crippen LogP contribution in [-0.2, 0) is 6.54 Å². The second-order valence-electron chi connectivity index (χ2n) is 6.54. The largest absolute Gasteiger partial charge is 0.386 e. The van der Waals surface area contributed by atoms with Gasteiger partial charge in [0.25, 0.3) is 0 Å². The number of aliphatic hydroxyl groups is 1. The fourth-order valence-corrected chi connectivity index (χ4v) is 3.53. The Morgan fingerprint density at radius 2 is 2.05 bits per heavy atom. The predicted molar refractivity (Wildman–Crippen MR) is 86.5 cm³/mol. The molecule has 1 unspecified atom stereocenters. The van der Waals surface area contributed by atoms with Crippen LogP contribution in [0, 0.1) is 11.8 Å². The fraction of sp³-hybridized carbons (Fsp3) is 0.812. The van der Waals surface area contributed by atoms with Gasteiger partial charge in [-0.15, -0.1) is 0 Å². The van der Waals surface area contributed by atoms with Crippen molar-refractivity contribution >= 4 is 11.6 Å². The van der Waals surface area contributed by atoms with Crippen molar-refractivity contribution in [3.05, 3.63) is 16.9 Å². The van der Waals surface area contributed by atoms with Gasteiger partial charge in [-0.2, -0.15) is 5.10 Å². The van der Waals surface area contributed by atoms with Gasteiger partial charge in [-0.1, -0.05) is 37.8 Å². The lowest BCUT2D eigenvalue weighted by molar-refractivity contribution is 0.0653. The van der Waals surface area contributed by atoms with E-state index in [-0.39, 0.29) is 0 Å². The summed E-state index contributed by atoms with van der Waals surface area (Å²) in [5, 5.41) is 15.7. The highest BCUT2D eigenvalue weighted by Gasteiger charge is 2.30. The Kier molecular flexibility index (Phi) is 6.08. The van der Waals surface area contributed by atoms with Gasteiger partial charge in [0.2, 0.25) is 0 Å². The Hall–Kier alpha value is -0.580. The SMILES string of the molecule is CCC1CCC(C(O)c2c(Cl)cnn2CCN(C)C)CC1. The highest BCUT2D eigenvalue weighted by atomic mass is 35.5. The first kappa shape index (κ1) is 16.8. The van der Waals surface area contributed by atoms with Gasteiger partial charge >= 0.3 is 0 Å². The fourth-order valence-electron chi connectivity index (χ4n) is 3.27. The Bertz CT molecular complexity index is 439. The molecule has 1 saturated carbocycles. The zero-order valence-electron chi connectivity index (χ0n) is 13.4. The Morgan fingerprint density at radius 1 is 1.38 bits per heavy atom. The number of aliphatic hydroxyl groups excluding tert-OH is 1. The summed E-state index contributed by atoms with van der Waals surface area (Å²) < 4.78 is 1.87. The molecule has 0 amide bonds. The van der Waals surface area contributed by atoms with Crippen molar-refractivity contribution in [2.24, 2.45) is 11.8 Å². The Balaban J connectivity index is 2.04. The van der Waals surface area contributed by atoms with Crippen molar-refractivity contribution in [2.45, 2.75) is 51.7 Å². The molecule has 5 heteroatoms. The quantitative estimate of drug-likeness (QED) is 0.875. The van der Waals surface area contributed by atoms with Crippen molar-refractivity contribution in [1.82, 2.24) is 14.7 Å². The van der Waals surface area contributed by atoms with Gasteiger partial charge in [0.15, 0.2) is 0 Å². The maximum Gasteiger partial charge on any atom is 0.0999 e. The second-order valence-corrected chi connectivity index (χ2v) is 6.95. The Labute approximate surface area is 133 Å². The lowest BCUT2D eigenvalue weighted by Gasteiger charge is -2.31. The summed E-state index contributed by atoms with van der Waals surface area (Å²) >= 11 is 6.27. The second kappa shape index (κ2) is 7.61. The highest BCUT2D eigenvalue weighted by molar-refractivity contribution is 6.31. The van der Waals surface area contributed by atoms with E-state index in [1.807, 2.05) is 18.8 Å². The minimum Gasteiger partial charge on any atom is -0.386 e. The average molecular weight is 314 g/mol. The molecule has 0 bridgehead atoms. The topological polar surface area (TPSA) is 41.3 Å². The number of halogens is 1. The van der Waals surface area contributed by atoms with Crippen LogP contribution in [0.25, 0.3) is 0 Å². The molecule has 0 aliphatic heterocycles. The number of hydrogen-bond donors (Lipinski definition) is 1. The van der Waals surface area contributed by atoms with Crippen molar-refractivity contribution in [2.75, 3.05) is 20.6 Å². The molecule has 1 aromatic rings. The van der Waals surface area contributed by atoms with Crippen molar-refractivity contribution in [1.29, 1.82) is 0 Å². The van der Waals surface area contributed by atoms with E-state index in [0.29, 0.717) is 10.9 Å². The zero-order chi connectivity index (χ0) is 15.4. The van der Waals surface area contributed by atoms with Gasteiger partial charge < -0.3 is 10.0 Å².